The minimum absolute atomic E-state index is 0.231. The fourth-order valence-corrected chi connectivity index (χ4v) is 1.99. The van der Waals surface area contributed by atoms with Crippen molar-refractivity contribution >= 4 is 5.91 Å². The lowest BCUT2D eigenvalue weighted by Gasteiger charge is -2.05. The molecule has 0 aliphatic rings. The van der Waals surface area contributed by atoms with E-state index in [2.05, 4.69) is 10.5 Å². The number of aromatic nitrogens is 1. The van der Waals surface area contributed by atoms with Gasteiger partial charge in [-0.3, -0.25) is 4.79 Å². The molecule has 106 valence electrons. The summed E-state index contributed by atoms with van der Waals surface area (Å²) in [6.45, 7) is 2.46. The molecule has 1 aromatic carbocycles. The zero-order valence-electron chi connectivity index (χ0n) is 11.5. The van der Waals surface area contributed by atoms with E-state index in [4.69, 9.17) is 8.94 Å². The van der Waals surface area contributed by atoms with Crippen molar-refractivity contribution in [2.45, 2.75) is 13.5 Å². The quantitative estimate of drug-likeness (QED) is 0.798. The Bertz CT molecular complexity index is 744. The molecule has 0 atom stereocenters. The van der Waals surface area contributed by atoms with Gasteiger partial charge < -0.3 is 14.3 Å². The molecule has 21 heavy (non-hydrogen) atoms. The maximum Gasteiger partial charge on any atom is 0.273 e. The van der Waals surface area contributed by atoms with E-state index in [0.717, 1.165) is 11.1 Å². The molecule has 0 spiro atoms. The summed E-state index contributed by atoms with van der Waals surface area (Å²) >= 11 is 0. The molecule has 1 amide bonds. The molecule has 0 radical (unpaired) electrons. The smallest absolute Gasteiger partial charge is 0.273 e. The summed E-state index contributed by atoms with van der Waals surface area (Å²) in [5.74, 6) is 0.696. The Morgan fingerprint density at radius 2 is 2.05 bits per heavy atom. The van der Waals surface area contributed by atoms with E-state index in [9.17, 15) is 4.79 Å². The predicted octanol–water partition coefficient (Wildman–Crippen LogP) is 3.17. The first kappa shape index (κ1) is 13.2. The molecule has 3 rings (SSSR count). The van der Waals surface area contributed by atoms with E-state index in [0.29, 0.717) is 18.1 Å². The number of hydrogen-bond acceptors (Lipinski definition) is 4. The van der Waals surface area contributed by atoms with Gasteiger partial charge in [0.25, 0.3) is 5.91 Å². The maximum atomic E-state index is 12.0. The van der Waals surface area contributed by atoms with Crippen LogP contribution >= 0.6 is 0 Å². The molecule has 0 unspecified atom stereocenters. The van der Waals surface area contributed by atoms with Crippen molar-refractivity contribution in [3.63, 3.8) is 0 Å². The van der Waals surface area contributed by atoms with Gasteiger partial charge in [0.1, 0.15) is 0 Å². The van der Waals surface area contributed by atoms with Crippen LogP contribution in [-0.2, 0) is 6.54 Å². The number of benzene rings is 1. The summed E-state index contributed by atoms with van der Waals surface area (Å²) in [6.07, 6.45) is 1.54. The lowest BCUT2D eigenvalue weighted by Crippen LogP contribution is -2.23. The van der Waals surface area contributed by atoms with Crippen LogP contribution in [0.15, 0.2) is 57.7 Å². The highest BCUT2D eigenvalue weighted by molar-refractivity contribution is 5.92. The molecule has 0 fully saturated rings. The van der Waals surface area contributed by atoms with Crippen LogP contribution < -0.4 is 5.32 Å². The van der Waals surface area contributed by atoms with Crippen LogP contribution in [0.5, 0.6) is 0 Å². The van der Waals surface area contributed by atoms with E-state index in [-0.39, 0.29) is 11.6 Å². The monoisotopic (exact) mass is 282 g/mol. The second-order valence-corrected chi connectivity index (χ2v) is 4.66. The van der Waals surface area contributed by atoms with Gasteiger partial charge in [0.2, 0.25) is 5.76 Å². The lowest BCUT2D eigenvalue weighted by atomic mass is 10.1. The Hall–Kier alpha value is -2.82. The van der Waals surface area contributed by atoms with Gasteiger partial charge in [-0.1, -0.05) is 29.4 Å². The number of carbonyl (C=O) groups is 1. The first-order valence-electron chi connectivity index (χ1n) is 6.57. The van der Waals surface area contributed by atoms with Crippen molar-refractivity contribution in [3.05, 3.63) is 65.5 Å². The normalized spacial score (nSPS) is 10.5. The molecule has 2 heterocycles. The summed E-state index contributed by atoms with van der Waals surface area (Å²) in [7, 11) is 0. The number of nitrogens with one attached hydrogen (secondary N) is 1. The van der Waals surface area contributed by atoms with Gasteiger partial charge >= 0.3 is 0 Å². The molecule has 5 nitrogen and oxygen atoms in total. The molecule has 5 heteroatoms. The predicted molar refractivity (Wildman–Crippen MR) is 76.6 cm³/mol. The number of furan rings is 1. The zero-order chi connectivity index (χ0) is 14.7. The average molecular weight is 282 g/mol. The van der Waals surface area contributed by atoms with Crippen LogP contribution in [0.1, 0.15) is 21.6 Å². The summed E-state index contributed by atoms with van der Waals surface area (Å²) in [5, 5.41) is 6.58. The highest BCUT2D eigenvalue weighted by Gasteiger charge is 2.14. The third-order valence-corrected chi connectivity index (χ3v) is 3.21. The minimum atomic E-state index is -0.278. The minimum Gasteiger partial charge on any atom is -0.461 e. The van der Waals surface area contributed by atoms with Crippen LogP contribution in [0.2, 0.25) is 0 Å². The molecule has 0 aliphatic heterocycles. The van der Waals surface area contributed by atoms with Crippen molar-refractivity contribution in [3.8, 4) is 11.5 Å². The summed E-state index contributed by atoms with van der Waals surface area (Å²) in [5.41, 5.74) is 2.44. The second-order valence-electron chi connectivity index (χ2n) is 4.66. The highest BCUT2D eigenvalue weighted by Crippen LogP contribution is 2.20. The van der Waals surface area contributed by atoms with Crippen LogP contribution in [0.4, 0.5) is 0 Å². The summed E-state index contributed by atoms with van der Waals surface area (Å²) < 4.78 is 10.3. The van der Waals surface area contributed by atoms with Crippen LogP contribution in [0.25, 0.3) is 11.5 Å². The molecule has 0 saturated heterocycles. The number of amides is 1. The summed E-state index contributed by atoms with van der Waals surface area (Å²) in [6, 6.07) is 12.9. The molecular formula is C16H14N2O3. The summed E-state index contributed by atoms with van der Waals surface area (Å²) in [4.78, 5) is 12.0. The molecule has 0 bridgehead atoms. The van der Waals surface area contributed by atoms with E-state index in [1.165, 1.54) is 6.26 Å². The van der Waals surface area contributed by atoms with Crippen LogP contribution in [-0.4, -0.2) is 11.1 Å². The number of hydrogen-bond donors (Lipinski definition) is 1. The molecule has 0 saturated carbocycles. The zero-order valence-corrected chi connectivity index (χ0v) is 11.5. The third-order valence-electron chi connectivity index (χ3n) is 3.21. The lowest BCUT2D eigenvalue weighted by molar-refractivity contribution is 0.0942. The van der Waals surface area contributed by atoms with Crippen molar-refractivity contribution in [1.82, 2.24) is 10.5 Å². The highest BCUT2D eigenvalue weighted by atomic mass is 16.5. The Morgan fingerprint density at radius 3 is 2.81 bits per heavy atom. The van der Waals surface area contributed by atoms with Gasteiger partial charge in [0.15, 0.2) is 11.5 Å². The van der Waals surface area contributed by atoms with Gasteiger partial charge in [0.05, 0.1) is 6.26 Å². The Labute approximate surface area is 121 Å². The van der Waals surface area contributed by atoms with Gasteiger partial charge in [-0.05, 0) is 30.2 Å². The Balaban J connectivity index is 1.68. The average Bonchev–Trinajstić information content (AvgIpc) is 3.16. The molecule has 1 N–H and O–H groups in total. The van der Waals surface area contributed by atoms with E-state index in [1.807, 2.05) is 31.2 Å². The topological polar surface area (TPSA) is 68.3 Å². The van der Waals surface area contributed by atoms with Crippen molar-refractivity contribution in [1.29, 1.82) is 0 Å². The number of nitrogens with zero attached hydrogens (tertiary/aromatic N) is 1. The third kappa shape index (κ3) is 2.86. The van der Waals surface area contributed by atoms with Crippen molar-refractivity contribution in [2.75, 3.05) is 0 Å². The van der Waals surface area contributed by atoms with Gasteiger partial charge in [-0.15, -0.1) is 0 Å². The van der Waals surface area contributed by atoms with Gasteiger partial charge in [-0.25, -0.2) is 0 Å². The number of rotatable bonds is 4. The molecule has 3 aromatic rings. The molecule has 2 aromatic heterocycles. The first-order valence-corrected chi connectivity index (χ1v) is 6.57. The fraction of sp³-hybridized carbons (Fsp3) is 0.125. The van der Waals surface area contributed by atoms with E-state index >= 15 is 0 Å². The number of carbonyl (C=O) groups excluding carboxylic acids is 1. The first-order chi connectivity index (χ1) is 10.2. The number of aryl methyl sites for hydroxylation is 1. The van der Waals surface area contributed by atoms with E-state index in [1.54, 1.807) is 18.2 Å². The van der Waals surface area contributed by atoms with Gasteiger partial charge in [0, 0.05) is 12.6 Å². The maximum absolute atomic E-state index is 12.0. The SMILES string of the molecule is Cc1ccccc1CNC(=O)c1cc(-c2ccco2)on1. The van der Waals surface area contributed by atoms with Crippen LogP contribution in [0.3, 0.4) is 0 Å². The fourth-order valence-electron chi connectivity index (χ4n) is 1.99. The molecular weight excluding hydrogens is 268 g/mol. The Morgan fingerprint density at radius 1 is 1.19 bits per heavy atom. The van der Waals surface area contributed by atoms with Crippen LogP contribution in [0, 0.1) is 6.92 Å². The standard InChI is InChI=1S/C16H14N2O3/c1-11-5-2-3-6-12(11)10-17-16(19)13-9-15(21-18-13)14-7-4-8-20-14/h2-9H,10H2,1H3,(H,17,19). The Kier molecular flexibility index (Phi) is 3.55. The van der Waals surface area contributed by atoms with Crippen molar-refractivity contribution < 1.29 is 13.7 Å². The largest absolute Gasteiger partial charge is 0.461 e. The van der Waals surface area contributed by atoms with Crippen molar-refractivity contribution in [2.24, 2.45) is 0 Å². The van der Waals surface area contributed by atoms with Gasteiger partial charge in [-0.2, -0.15) is 0 Å². The molecule has 0 aliphatic carbocycles. The second kappa shape index (κ2) is 5.66. The van der Waals surface area contributed by atoms with E-state index < -0.39 is 0 Å².